The molecule has 0 saturated carbocycles. The van der Waals surface area contributed by atoms with E-state index in [4.69, 9.17) is 14.2 Å². The van der Waals surface area contributed by atoms with Crippen LogP contribution in [0.3, 0.4) is 0 Å². The lowest BCUT2D eigenvalue weighted by Crippen LogP contribution is -2.32. The monoisotopic (exact) mass is 448 g/mol. The number of carboxylic acid groups (broad SMARTS) is 1. The van der Waals surface area contributed by atoms with Crippen molar-refractivity contribution in [3.63, 3.8) is 0 Å². The molecule has 33 heavy (non-hydrogen) atoms. The van der Waals surface area contributed by atoms with E-state index in [0.29, 0.717) is 24.5 Å². The van der Waals surface area contributed by atoms with E-state index < -0.39 is 12.1 Å². The Morgan fingerprint density at radius 1 is 0.818 bits per heavy atom. The molecule has 5 nitrogen and oxygen atoms in total. The fourth-order valence-corrected chi connectivity index (χ4v) is 4.06. The smallest absolute Gasteiger partial charge is 0.333 e. The second-order valence-electron chi connectivity index (χ2n) is 7.96. The molecule has 0 amide bonds. The predicted molar refractivity (Wildman–Crippen MR) is 129 cm³/mol. The van der Waals surface area contributed by atoms with Gasteiger partial charge in [-0.25, -0.2) is 4.79 Å². The first-order valence-electron chi connectivity index (χ1n) is 11.3. The second-order valence-corrected chi connectivity index (χ2v) is 7.96. The SMILES string of the molecule is COc1ccc(CCOC(C(=O)O)C(CCCc2ccccc2)c2ccccc2)cc1OC. The summed E-state index contributed by atoms with van der Waals surface area (Å²) >= 11 is 0. The van der Waals surface area contributed by atoms with Crippen LogP contribution in [0.2, 0.25) is 0 Å². The van der Waals surface area contributed by atoms with Crippen LogP contribution in [-0.4, -0.2) is 38.0 Å². The molecular weight excluding hydrogens is 416 g/mol. The number of rotatable bonds is 13. The number of aryl methyl sites for hydroxylation is 1. The third kappa shape index (κ3) is 7.09. The number of hydrogen-bond donors (Lipinski definition) is 1. The maximum absolute atomic E-state index is 12.2. The van der Waals surface area contributed by atoms with Crippen LogP contribution >= 0.6 is 0 Å². The maximum atomic E-state index is 12.2. The lowest BCUT2D eigenvalue weighted by Gasteiger charge is -2.25. The van der Waals surface area contributed by atoms with Crippen LogP contribution < -0.4 is 9.47 Å². The number of benzene rings is 3. The van der Waals surface area contributed by atoms with Gasteiger partial charge in [0.1, 0.15) is 0 Å². The molecule has 0 spiro atoms. The Kier molecular flexibility index (Phi) is 9.33. The summed E-state index contributed by atoms with van der Waals surface area (Å²) in [4.78, 5) is 12.2. The van der Waals surface area contributed by atoms with E-state index in [0.717, 1.165) is 30.4 Å². The Hall–Kier alpha value is -3.31. The second kappa shape index (κ2) is 12.7. The standard InChI is InChI=1S/C28H32O5/c1-31-25-17-16-22(20-26(25)32-2)18-19-33-27(28(29)30)24(23-13-7-4-8-14-23)15-9-12-21-10-5-3-6-11-21/h3-8,10-11,13-14,16-17,20,24,27H,9,12,15,18-19H2,1-2H3,(H,29,30). The summed E-state index contributed by atoms with van der Waals surface area (Å²) in [6.07, 6.45) is 2.18. The highest BCUT2D eigenvalue weighted by Gasteiger charge is 2.30. The highest BCUT2D eigenvalue weighted by Crippen LogP contribution is 2.30. The summed E-state index contributed by atoms with van der Waals surface area (Å²) < 4.78 is 16.6. The van der Waals surface area contributed by atoms with Gasteiger partial charge in [-0.1, -0.05) is 66.7 Å². The fourth-order valence-electron chi connectivity index (χ4n) is 4.06. The molecule has 3 rings (SSSR count). The van der Waals surface area contributed by atoms with Gasteiger partial charge in [-0.3, -0.25) is 0 Å². The molecule has 0 bridgehead atoms. The van der Waals surface area contributed by atoms with Gasteiger partial charge in [0.15, 0.2) is 17.6 Å². The van der Waals surface area contributed by atoms with Crippen LogP contribution in [0.4, 0.5) is 0 Å². The Bertz CT molecular complexity index is 988. The molecule has 0 heterocycles. The molecule has 5 heteroatoms. The van der Waals surface area contributed by atoms with E-state index in [1.807, 2.05) is 66.7 Å². The largest absolute Gasteiger partial charge is 0.493 e. The zero-order valence-corrected chi connectivity index (χ0v) is 19.3. The highest BCUT2D eigenvalue weighted by atomic mass is 16.5. The molecular formula is C28H32O5. The first-order valence-corrected chi connectivity index (χ1v) is 11.3. The summed E-state index contributed by atoms with van der Waals surface area (Å²) in [5.74, 6) is 0.148. The summed E-state index contributed by atoms with van der Waals surface area (Å²) in [7, 11) is 3.19. The summed E-state index contributed by atoms with van der Waals surface area (Å²) in [5.41, 5.74) is 3.24. The molecule has 2 atom stereocenters. The first kappa shape index (κ1) is 24.3. The quantitative estimate of drug-likeness (QED) is 0.373. The first-order chi connectivity index (χ1) is 16.1. The van der Waals surface area contributed by atoms with E-state index >= 15 is 0 Å². The van der Waals surface area contributed by atoms with Gasteiger partial charge in [-0.2, -0.15) is 0 Å². The predicted octanol–water partition coefficient (Wildman–Crippen LogP) is 5.52. The molecule has 0 fully saturated rings. The van der Waals surface area contributed by atoms with Crippen LogP contribution in [0, 0.1) is 0 Å². The minimum atomic E-state index is -0.934. The van der Waals surface area contributed by atoms with E-state index in [-0.39, 0.29) is 5.92 Å². The molecule has 3 aromatic rings. The number of carbonyl (C=O) groups is 1. The van der Waals surface area contributed by atoms with E-state index in [1.54, 1.807) is 14.2 Å². The average molecular weight is 449 g/mol. The molecule has 3 aromatic carbocycles. The van der Waals surface area contributed by atoms with Gasteiger partial charge in [-0.15, -0.1) is 0 Å². The van der Waals surface area contributed by atoms with Crippen molar-refractivity contribution >= 4 is 5.97 Å². The zero-order valence-electron chi connectivity index (χ0n) is 19.3. The molecule has 0 aliphatic rings. The van der Waals surface area contributed by atoms with Gasteiger partial charge in [0, 0.05) is 5.92 Å². The number of ether oxygens (including phenoxy) is 3. The van der Waals surface area contributed by atoms with Crippen LogP contribution in [-0.2, 0) is 22.4 Å². The highest BCUT2D eigenvalue weighted by molar-refractivity contribution is 5.73. The lowest BCUT2D eigenvalue weighted by molar-refractivity contribution is -0.152. The molecule has 0 aliphatic heterocycles. The molecule has 2 unspecified atom stereocenters. The van der Waals surface area contributed by atoms with Gasteiger partial charge in [0.05, 0.1) is 20.8 Å². The van der Waals surface area contributed by atoms with E-state index in [9.17, 15) is 9.90 Å². The molecule has 0 saturated heterocycles. The van der Waals surface area contributed by atoms with Crippen molar-refractivity contribution in [2.75, 3.05) is 20.8 Å². The van der Waals surface area contributed by atoms with Gasteiger partial charge in [-0.05, 0) is 54.5 Å². The Labute approximate surface area is 195 Å². The van der Waals surface area contributed by atoms with Crippen molar-refractivity contribution in [3.8, 4) is 11.5 Å². The average Bonchev–Trinajstić information content (AvgIpc) is 2.86. The molecule has 1 N–H and O–H groups in total. The summed E-state index contributed by atoms with van der Waals surface area (Å²) in [6, 6.07) is 25.8. The van der Waals surface area contributed by atoms with Crippen molar-refractivity contribution < 1.29 is 24.1 Å². The fraction of sp³-hybridized carbons (Fsp3) is 0.321. The van der Waals surface area contributed by atoms with Gasteiger partial charge in [0.2, 0.25) is 0 Å². The van der Waals surface area contributed by atoms with Crippen LogP contribution in [0.15, 0.2) is 78.9 Å². The van der Waals surface area contributed by atoms with Crippen molar-refractivity contribution in [1.29, 1.82) is 0 Å². The van der Waals surface area contributed by atoms with Crippen molar-refractivity contribution in [2.24, 2.45) is 0 Å². The Balaban J connectivity index is 1.67. The third-order valence-electron chi connectivity index (χ3n) is 5.80. The third-order valence-corrected chi connectivity index (χ3v) is 5.80. The number of methoxy groups -OCH3 is 2. The van der Waals surface area contributed by atoms with Crippen molar-refractivity contribution in [2.45, 2.75) is 37.7 Å². The minimum absolute atomic E-state index is 0.224. The Morgan fingerprint density at radius 2 is 1.48 bits per heavy atom. The van der Waals surface area contributed by atoms with Crippen LogP contribution in [0.5, 0.6) is 11.5 Å². The van der Waals surface area contributed by atoms with Crippen molar-refractivity contribution in [1.82, 2.24) is 0 Å². The van der Waals surface area contributed by atoms with E-state index in [1.165, 1.54) is 5.56 Å². The van der Waals surface area contributed by atoms with Crippen LogP contribution in [0.1, 0.15) is 35.4 Å². The summed E-state index contributed by atoms with van der Waals surface area (Å²) in [5, 5.41) is 10.0. The Morgan fingerprint density at radius 3 is 2.12 bits per heavy atom. The normalized spacial score (nSPS) is 12.7. The molecule has 0 aromatic heterocycles. The molecule has 0 radical (unpaired) electrons. The molecule has 0 aliphatic carbocycles. The zero-order chi connectivity index (χ0) is 23.5. The van der Waals surface area contributed by atoms with Gasteiger partial charge < -0.3 is 19.3 Å². The van der Waals surface area contributed by atoms with E-state index in [2.05, 4.69) is 12.1 Å². The minimum Gasteiger partial charge on any atom is -0.493 e. The van der Waals surface area contributed by atoms with Crippen LogP contribution in [0.25, 0.3) is 0 Å². The lowest BCUT2D eigenvalue weighted by atomic mass is 9.87. The van der Waals surface area contributed by atoms with Gasteiger partial charge in [0.25, 0.3) is 0 Å². The molecule has 174 valence electrons. The number of hydrogen-bond acceptors (Lipinski definition) is 4. The number of aliphatic carboxylic acids is 1. The maximum Gasteiger partial charge on any atom is 0.333 e. The topological polar surface area (TPSA) is 65.0 Å². The van der Waals surface area contributed by atoms with Gasteiger partial charge >= 0.3 is 5.97 Å². The number of carboxylic acids is 1. The summed E-state index contributed by atoms with van der Waals surface area (Å²) in [6.45, 7) is 0.300. The van der Waals surface area contributed by atoms with Crippen molar-refractivity contribution in [3.05, 3.63) is 95.6 Å².